The molecule has 1 aliphatic heterocycles. The second-order valence-corrected chi connectivity index (χ2v) is 6.49. The van der Waals surface area contributed by atoms with Gasteiger partial charge in [0.05, 0.1) is 11.3 Å². The van der Waals surface area contributed by atoms with Gasteiger partial charge in [0.2, 0.25) is 0 Å². The minimum atomic E-state index is -4.43. The molecule has 0 spiro atoms. The van der Waals surface area contributed by atoms with Gasteiger partial charge in [-0.3, -0.25) is 9.78 Å². The predicted molar refractivity (Wildman–Crippen MR) is 92.4 cm³/mol. The number of hydrogen-bond acceptors (Lipinski definition) is 3. The minimum Gasteiger partial charge on any atom is -0.339 e. The van der Waals surface area contributed by atoms with E-state index in [0.717, 1.165) is 37.6 Å². The normalized spacial score (nSPS) is 18.5. The first-order valence-corrected chi connectivity index (χ1v) is 8.53. The Morgan fingerprint density at radius 2 is 1.96 bits per heavy atom. The third-order valence-corrected chi connectivity index (χ3v) is 4.55. The Morgan fingerprint density at radius 1 is 1.15 bits per heavy atom. The van der Waals surface area contributed by atoms with Gasteiger partial charge in [-0.1, -0.05) is 12.1 Å². The molecule has 2 aromatic rings. The number of benzene rings is 1. The van der Waals surface area contributed by atoms with Gasteiger partial charge in [-0.25, -0.2) is 0 Å². The molecule has 0 radical (unpaired) electrons. The zero-order chi connectivity index (χ0) is 18.7. The molecule has 0 bridgehead atoms. The SMILES string of the molecule is NC1CCCN(C(=O)c2cccc(-c3cc(C(F)(F)F)ccn3)c2)CC1. The minimum absolute atomic E-state index is 0.105. The van der Waals surface area contributed by atoms with Gasteiger partial charge < -0.3 is 10.6 Å². The van der Waals surface area contributed by atoms with Crippen molar-refractivity contribution in [1.82, 2.24) is 9.88 Å². The van der Waals surface area contributed by atoms with E-state index in [1.165, 1.54) is 0 Å². The number of hydrogen-bond donors (Lipinski definition) is 1. The molecule has 7 heteroatoms. The molecule has 0 saturated carbocycles. The first-order chi connectivity index (χ1) is 12.3. The van der Waals surface area contributed by atoms with Crippen LogP contribution in [-0.2, 0) is 6.18 Å². The van der Waals surface area contributed by atoms with Crippen molar-refractivity contribution in [1.29, 1.82) is 0 Å². The number of nitrogens with two attached hydrogens (primary N) is 1. The molecule has 1 unspecified atom stereocenters. The monoisotopic (exact) mass is 363 g/mol. The van der Waals surface area contributed by atoms with E-state index in [1.807, 2.05) is 0 Å². The summed E-state index contributed by atoms with van der Waals surface area (Å²) in [6, 6.07) is 8.60. The number of pyridine rings is 1. The molecule has 1 aromatic carbocycles. The Balaban J connectivity index is 1.85. The van der Waals surface area contributed by atoms with Gasteiger partial charge in [0.15, 0.2) is 0 Å². The molecule has 1 fully saturated rings. The molecule has 1 amide bonds. The van der Waals surface area contributed by atoms with E-state index in [4.69, 9.17) is 5.73 Å². The van der Waals surface area contributed by atoms with Crippen molar-refractivity contribution in [2.24, 2.45) is 5.73 Å². The van der Waals surface area contributed by atoms with Crippen molar-refractivity contribution in [3.05, 3.63) is 53.7 Å². The molecule has 3 rings (SSSR count). The number of alkyl halides is 3. The van der Waals surface area contributed by atoms with E-state index in [9.17, 15) is 18.0 Å². The number of amides is 1. The van der Waals surface area contributed by atoms with Crippen molar-refractivity contribution in [2.45, 2.75) is 31.5 Å². The first kappa shape index (κ1) is 18.4. The van der Waals surface area contributed by atoms with Crippen LogP contribution in [0, 0.1) is 0 Å². The Morgan fingerprint density at radius 3 is 2.73 bits per heavy atom. The van der Waals surface area contributed by atoms with Gasteiger partial charge >= 0.3 is 6.18 Å². The maximum Gasteiger partial charge on any atom is 0.416 e. The molecule has 2 N–H and O–H groups in total. The van der Waals surface area contributed by atoms with Gasteiger partial charge in [0.25, 0.3) is 5.91 Å². The van der Waals surface area contributed by atoms with Crippen molar-refractivity contribution < 1.29 is 18.0 Å². The summed E-state index contributed by atoms with van der Waals surface area (Å²) in [7, 11) is 0. The highest BCUT2D eigenvalue weighted by atomic mass is 19.4. The van der Waals surface area contributed by atoms with Crippen LogP contribution in [-0.4, -0.2) is 34.9 Å². The number of nitrogens with zero attached hydrogens (tertiary/aromatic N) is 2. The topological polar surface area (TPSA) is 59.2 Å². The highest BCUT2D eigenvalue weighted by Gasteiger charge is 2.30. The summed E-state index contributed by atoms with van der Waals surface area (Å²) in [6.07, 6.45) is -0.820. The second-order valence-electron chi connectivity index (χ2n) is 6.49. The maximum atomic E-state index is 12.9. The van der Waals surface area contributed by atoms with Gasteiger partial charge in [-0.05, 0) is 43.5 Å². The number of carbonyl (C=O) groups excluding carboxylic acids is 1. The summed E-state index contributed by atoms with van der Waals surface area (Å²) in [5, 5.41) is 0. The van der Waals surface area contributed by atoms with E-state index in [-0.39, 0.29) is 17.6 Å². The molecule has 1 aromatic heterocycles. The van der Waals surface area contributed by atoms with E-state index in [1.54, 1.807) is 29.2 Å². The zero-order valence-corrected chi connectivity index (χ0v) is 14.2. The van der Waals surface area contributed by atoms with E-state index >= 15 is 0 Å². The van der Waals surface area contributed by atoms with Crippen LogP contribution >= 0.6 is 0 Å². The second kappa shape index (κ2) is 7.45. The van der Waals surface area contributed by atoms with Gasteiger partial charge in [0, 0.05) is 36.5 Å². The van der Waals surface area contributed by atoms with Crippen LogP contribution in [0.4, 0.5) is 13.2 Å². The smallest absolute Gasteiger partial charge is 0.339 e. The maximum absolute atomic E-state index is 12.9. The molecular formula is C19H20F3N3O. The summed E-state index contributed by atoms with van der Waals surface area (Å²) < 4.78 is 38.7. The fourth-order valence-corrected chi connectivity index (χ4v) is 3.08. The third-order valence-electron chi connectivity index (χ3n) is 4.55. The highest BCUT2D eigenvalue weighted by Crippen LogP contribution is 2.31. The van der Waals surface area contributed by atoms with Crippen LogP contribution in [0.2, 0.25) is 0 Å². The standard InChI is InChI=1S/C19H20F3N3O/c20-19(21,22)15-6-8-24-17(12-15)13-3-1-4-14(11-13)18(26)25-9-2-5-16(23)7-10-25/h1,3-4,6,8,11-12,16H,2,5,7,9-10,23H2. The summed E-state index contributed by atoms with van der Waals surface area (Å²) >= 11 is 0. The van der Waals surface area contributed by atoms with E-state index in [0.29, 0.717) is 24.2 Å². The third kappa shape index (κ3) is 4.22. The Hall–Kier alpha value is -2.41. The number of aromatic nitrogens is 1. The lowest BCUT2D eigenvalue weighted by atomic mass is 10.0. The average molecular weight is 363 g/mol. The molecule has 1 atom stereocenters. The Labute approximate surface area is 149 Å². The molecule has 4 nitrogen and oxygen atoms in total. The number of rotatable bonds is 2. The summed E-state index contributed by atoms with van der Waals surface area (Å²) in [4.78, 5) is 18.5. The number of halogens is 3. The largest absolute Gasteiger partial charge is 0.416 e. The van der Waals surface area contributed by atoms with Crippen molar-refractivity contribution >= 4 is 5.91 Å². The van der Waals surface area contributed by atoms with Crippen LogP contribution in [0.3, 0.4) is 0 Å². The lowest BCUT2D eigenvalue weighted by Gasteiger charge is -2.20. The molecular weight excluding hydrogens is 343 g/mol. The average Bonchev–Trinajstić information content (AvgIpc) is 2.85. The fraction of sp³-hybridized carbons (Fsp3) is 0.368. The Kier molecular flexibility index (Phi) is 5.27. The van der Waals surface area contributed by atoms with Crippen LogP contribution in [0.1, 0.15) is 35.2 Å². The van der Waals surface area contributed by atoms with Crippen molar-refractivity contribution in [3.63, 3.8) is 0 Å². The van der Waals surface area contributed by atoms with Crippen LogP contribution < -0.4 is 5.73 Å². The molecule has 2 heterocycles. The Bertz CT molecular complexity index is 792. The first-order valence-electron chi connectivity index (χ1n) is 8.53. The van der Waals surface area contributed by atoms with Crippen LogP contribution in [0.5, 0.6) is 0 Å². The van der Waals surface area contributed by atoms with Crippen molar-refractivity contribution in [2.75, 3.05) is 13.1 Å². The summed E-state index contributed by atoms with van der Waals surface area (Å²) in [6.45, 7) is 1.23. The number of likely N-dealkylation sites (tertiary alicyclic amines) is 1. The van der Waals surface area contributed by atoms with Crippen LogP contribution in [0.15, 0.2) is 42.6 Å². The number of carbonyl (C=O) groups is 1. The van der Waals surface area contributed by atoms with E-state index in [2.05, 4.69) is 4.98 Å². The fourth-order valence-electron chi connectivity index (χ4n) is 3.08. The molecule has 138 valence electrons. The molecule has 26 heavy (non-hydrogen) atoms. The molecule has 0 aliphatic carbocycles. The quantitative estimate of drug-likeness (QED) is 0.885. The summed E-state index contributed by atoms with van der Waals surface area (Å²) in [5.41, 5.74) is 6.29. The van der Waals surface area contributed by atoms with E-state index < -0.39 is 11.7 Å². The molecule has 1 aliphatic rings. The lowest BCUT2D eigenvalue weighted by Crippen LogP contribution is -2.32. The molecule has 1 saturated heterocycles. The zero-order valence-electron chi connectivity index (χ0n) is 14.2. The van der Waals surface area contributed by atoms with Crippen molar-refractivity contribution in [3.8, 4) is 11.3 Å². The highest BCUT2D eigenvalue weighted by molar-refractivity contribution is 5.95. The summed E-state index contributed by atoms with van der Waals surface area (Å²) in [5.74, 6) is -0.132. The van der Waals surface area contributed by atoms with Gasteiger partial charge in [-0.2, -0.15) is 13.2 Å². The predicted octanol–water partition coefficient (Wildman–Crippen LogP) is 3.72. The van der Waals surface area contributed by atoms with Crippen LogP contribution in [0.25, 0.3) is 11.3 Å². The van der Waals surface area contributed by atoms with Gasteiger partial charge in [-0.15, -0.1) is 0 Å². The van der Waals surface area contributed by atoms with Gasteiger partial charge in [0.1, 0.15) is 0 Å². The lowest BCUT2D eigenvalue weighted by molar-refractivity contribution is -0.137.